The minimum Gasteiger partial charge on any atom is -0.444 e. The number of amides is 2. The second kappa shape index (κ2) is 12.4. The number of nitrogens with zero attached hydrogens (tertiary/aromatic N) is 2. The van der Waals surface area contributed by atoms with Crippen molar-refractivity contribution in [1.29, 1.82) is 0 Å². The lowest BCUT2D eigenvalue weighted by Gasteiger charge is -2.35. The summed E-state index contributed by atoms with van der Waals surface area (Å²) in [7, 11) is -0.433. The van der Waals surface area contributed by atoms with Crippen molar-refractivity contribution >= 4 is 25.3 Å². The largest absolute Gasteiger partial charge is 0.444 e. The SMILES string of the molecule is C/C=C(/CN(CC(=O)N(C)[C@H](C)[C@@H](O)c1ccccc1)C(=O)OC(C)(C)C)[Si](C)(C)c1ccccc1. The first kappa shape index (κ1) is 29.3. The molecule has 0 saturated heterocycles. The summed E-state index contributed by atoms with van der Waals surface area (Å²) in [5.74, 6) is -0.266. The monoisotopic (exact) mass is 510 g/mol. The number of likely N-dealkylation sites (N-methyl/N-ethyl adjacent to an activating group) is 1. The highest BCUT2D eigenvalue weighted by molar-refractivity contribution is 6.95. The zero-order valence-corrected chi connectivity index (χ0v) is 24.0. The second-order valence-electron chi connectivity index (χ2n) is 10.7. The van der Waals surface area contributed by atoms with Gasteiger partial charge in [0.1, 0.15) is 20.2 Å². The van der Waals surface area contributed by atoms with Gasteiger partial charge in [-0.15, -0.1) is 0 Å². The van der Waals surface area contributed by atoms with Gasteiger partial charge in [-0.05, 0) is 40.2 Å². The third kappa shape index (κ3) is 7.80. The summed E-state index contributed by atoms with van der Waals surface area (Å²) in [5.41, 5.74) is 0.0456. The van der Waals surface area contributed by atoms with Gasteiger partial charge in [0, 0.05) is 13.6 Å². The van der Waals surface area contributed by atoms with Gasteiger partial charge in [-0.1, -0.05) is 90.2 Å². The van der Waals surface area contributed by atoms with E-state index in [9.17, 15) is 14.7 Å². The fraction of sp³-hybridized carbons (Fsp3) is 0.448. The first-order valence-electron chi connectivity index (χ1n) is 12.5. The van der Waals surface area contributed by atoms with E-state index < -0.39 is 31.9 Å². The molecule has 6 nitrogen and oxygen atoms in total. The van der Waals surface area contributed by atoms with E-state index in [2.05, 4.69) is 31.3 Å². The lowest BCUT2D eigenvalue weighted by molar-refractivity contribution is -0.135. The molecule has 0 radical (unpaired) electrons. The Morgan fingerprint density at radius 3 is 2.03 bits per heavy atom. The number of aliphatic hydroxyl groups excluding tert-OH is 1. The zero-order chi connectivity index (χ0) is 27.1. The predicted molar refractivity (Wildman–Crippen MR) is 149 cm³/mol. The van der Waals surface area contributed by atoms with Crippen molar-refractivity contribution in [3.63, 3.8) is 0 Å². The highest BCUT2D eigenvalue weighted by Crippen LogP contribution is 2.22. The number of hydrogen-bond acceptors (Lipinski definition) is 4. The van der Waals surface area contributed by atoms with E-state index in [0.717, 1.165) is 10.8 Å². The van der Waals surface area contributed by atoms with E-state index in [1.165, 1.54) is 15.0 Å². The molecule has 2 rings (SSSR count). The number of ether oxygens (including phenoxy) is 1. The van der Waals surface area contributed by atoms with Crippen LogP contribution in [-0.2, 0) is 9.53 Å². The maximum absolute atomic E-state index is 13.3. The molecule has 2 aromatic carbocycles. The molecule has 2 amide bonds. The van der Waals surface area contributed by atoms with Crippen molar-refractivity contribution in [2.24, 2.45) is 0 Å². The molecule has 2 aromatic rings. The average molecular weight is 511 g/mol. The van der Waals surface area contributed by atoms with E-state index >= 15 is 0 Å². The van der Waals surface area contributed by atoms with Crippen LogP contribution in [0, 0.1) is 0 Å². The van der Waals surface area contributed by atoms with Crippen molar-refractivity contribution in [3.8, 4) is 0 Å². The minimum atomic E-state index is -2.09. The highest BCUT2D eigenvalue weighted by atomic mass is 28.3. The van der Waals surface area contributed by atoms with Gasteiger partial charge >= 0.3 is 6.09 Å². The third-order valence-corrected chi connectivity index (χ3v) is 10.4. The Hall–Kier alpha value is -2.90. The first-order chi connectivity index (χ1) is 16.8. The smallest absolute Gasteiger partial charge is 0.411 e. The van der Waals surface area contributed by atoms with E-state index in [4.69, 9.17) is 4.74 Å². The molecule has 0 aromatic heterocycles. The van der Waals surface area contributed by atoms with Gasteiger partial charge in [-0.25, -0.2) is 4.79 Å². The van der Waals surface area contributed by atoms with Gasteiger partial charge in [-0.2, -0.15) is 0 Å². The standard InChI is InChI=1S/C29H42N2O4Si/c1-9-24(36(7,8)25-18-14-11-15-19-25)20-31(28(34)35-29(3,4)5)21-26(32)30(6)22(2)27(33)23-16-12-10-13-17-23/h9-19,22,27,33H,20-21H2,1-8H3/b24-9-/t22-,27-/m1/s1. The molecule has 7 heteroatoms. The number of benzene rings is 2. The number of hydrogen-bond donors (Lipinski definition) is 1. The molecule has 0 heterocycles. The number of carbonyl (C=O) groups excluding carboxylic acids is 2. The number of allylic oxidation sites excluding steroid dienone is 1. The average Bonchev–Trinajstić information content (AvgIpc) is 2.84. The maximum Gasteiger partial charge on any atom is 0.411 e. The van der Waals surface area contributed by atoms with Crippen LogP contribution in [0.4, 0.5) is 4.79 Å². The topological polar surface area (TPSA) is 70.1 Å². The fourth-order valence-corrected chi connectivity index (χ4v) is 6.75. The molecule has 2 atom stereocenters. The summed E-state index contributed by atoms with van der Waals surface area (Å²) < 4.78 is 5.68. The van der Waals surface area contributed by atoms with Crippen LogP contribution in [0.1, 0.15) is 46.3 Å². The lowest BCUT2D eigenvalue weighted by atomic mass is 10.0. The van der Waals surface area contributed by atoms with Gasteiger partial charge in [0.25, 0.3) is 0 Å². The van der Waals surface area contributed by atoms with Crippen LogP contribution in [-0.4, -0.2) is 66.8 Å². The van der Waals surface area contributed by atoms with Crippen molar-refractivity contribution in [2.75, 3.05) is 20.1 Å². The quantitative estimate of drug-likeness (QED) is 0.487. The van der Waals surface area contributed by atoms with E-state index in [1.54, 1.807) is 14.0 Å². The maximum atomic E-state index is 13.3. The summed E-state index contributed by atoms with van der Waals surface area (Å²) >= 11 is 0. The van der Waals surface area contributed by atoms with Crippen molar-refractivity contribution < 1.29 is 19.4 Å². The Morgan fingerprint density at radius 2 is 1.53 bits per heavy atom. The lowest BCUT2D eigenvalue weighted by Crippen LogP contribution is -2.51. The molecule has 0 aliphatic rings. The third-order valence-electron chi connectivity index (χ3n) is 6.59. The number of aliphatic hydroxyl groups is 1. The summed E-state index contributed by atoms with van der Waals surface area (Å²) in [6.07, 6.45) is 0.690. The Balaban J connectivity index is 2.27. The van der Waals surface area contributed by atoms with Gasteiger partial charge in [-0.3, -0.25) is 9.69 Å². The molecule has 1 N–H and O–H groups in total. The van der Waals surface area contributed by atoms with Gasteiger partial charge in [0.15, 0.2) is 0 Å². The first-order valence-corrected chi connectivity index (χ1v) is 15.5. The number of rotatable bonds is 9. The second-order valence-corrected chi connectivity index (χ2v) is 15.2. The van der Waals surface area contributed by atoms with Crippen LogP contribution >= 0.6 is 0 Å². The van der Waals surface area contributed by atoms with Crippen LogP contribution in [0.5, 0.6) is 0 Å². The van der Waals surface area contributed by atoms with Crippen LogP contribution in [0.2, 0.25) is 13.1 Å². The molecule has 0 bridgehead atoms. The van der Waals surface area contributed by atoms with Gasteiger partial charge in [0.2, 0.25) is 5.91 Å². The van der Waals surface area contributed by atoms with E-state index in [0.29, 0.717) is 6.54 Å². The fourth-order valence-electron chi connectivity index (χ4n) is 4.05. The van der Waals surface area contributed by atoms with Crippen LogP contribution in [0.15, 0.2) is 71.9 Å². The Labute approximate surface area is 217 Å². The molecular weight excluding hydrogens is 468 g/mol. The van der Waals surface area contributed by atoms with Crippen LogP contribution in [0.3, 0.4) is 0 Å². The molecular formula is C29H42N2O4Si. The Bertz CT molecular complexity index is 1030. The molecule has 36 heavy (non-hydrogen) atoms. The minimum absolute atomic E-state index is 0.145. The molecule has 0 fully saturated rings. The Morgan fingerprint density at radius 1 is 1.00 bits per heavy atom. The van der Waals surface area contributed by atoms with Gasteiger partial charge in [0.05, 0.1) is 12.1 Å². The molecule has 0 saturated carbocycles. The zero-order valence-electron chi connectivity index (χ0n) is 23.0. The summed E-state index contributed by atoms with van der Waals surface area (Å²) in [6, 6.07) is 19.1. The molecule has 0 aliphatic carbocycles. The predicted octanol–water partition coefficient (Wildman–Crippen LogP) is 4.91. The summed E-state index contributed by atoms with van der Waals surface area (Å²) in [5, 5.41) is 13.2. The molecule has 0 spiro atoms. The van der Waals surface area contributed by atoms with Gasteiger partial charge < -0.3 is 14.7 Å². The number of carbonyl (C=O) groups is 2. The summed E-state index contributed by atoms with van der Waals surface area (Å²) in [4.78, 5) is 29.6. The van der Waals surface area contributed by atoms with Crippen molar-refractivity contribution in [3.05, 3.63) is 77.5 Å². The molecule has 196 valence electrons. The van der Waals surface area contributed by atoms with E-state index in [-0.39, 0.29) is 12.5 Å². The molecule has 0 aliphatic heterocycles. The normalized spacial score (nSPS) is 14.1. The van der Waals surface area contributed by atoms with Crippen LogP contribution in [0.25, 0.3) is 0 Å². The Kier molecular flexibility index (Phi) is 10.1. The molecule has 0 unspecified atom stereocenters. The van der Waals surface area contributed by atoms with Crippen molar-refractivity contribution in [1.82, 2.24) is 9.80 Å². The highest BCUT2D eigenvalue weighted by Gasteiger charge is 2.33. The van der Waals surface area contributed by atoms with Crippen LogP contribution < -0.4 is 5.19 Å². The van der Waals surface area contributed by atoms with E-state index in [1.807, 2.05) is 76.2 Å². The summed E-state index contributed by atoms with van der Waals surface area (Å²) in [6.45, 7) is 13.9. The van der Waals surface area contributed by atoms with Crippen molar-refractivity contribution in [2.45, 2.75) is 65.5 Å².